The molecule has 2 N–H and O–H groups in total. The molecule has 0 saturated carbocycles. The van der Waals surface area contributed by atoms with E-state index in [-0.39, 0.29) is 36.9 Å². The van der Waals surface area contributed by atoms with Crippen molar-refractivity contribution >= 4 is 22.6 Å². The van der Waals surface area contributed by atoms with E-state index in [1.54, 1.807) is 18.3 Å². The fourth-order valence-corrected chi connectivity index (χ4v) is 3.78. The first kappa shape index (κ1) is 22.0. The first-order chi connectivity index (χ1) is 14.5. The maximum Gasteiger partial charge on any atom is 0.258 e. The molecule has 1 aliphatic heterocycles. The molecule has 2 aromatic rings. The number of carbonyl (C=O) groups excluding carboxylic acids is 2. The Morgan fingerprint density at radius 3 is 2.57 bits per heavy atom. The van der Waals surface area contributed by atoms with Crippen LogP contribution < -0.4 is 16.2 Å². The second kappa shape index (κ2) is 10.9. The zero-order valence-electron chi connectivity index (χ0n) is 17.7. The lowest BCUT2D eigenvalue weighted by Crippen LogP contribution is -2.36. The van der Waals surface area contributed by atoms with E-state index < -0.39 is 0 Å². The second-order valence-electron chi connectivity index (χ2n) is 8.16. The Bertz CT molecular complexity index is 916. The van der Waals surface area contributed by atoms with E-state index in [0.29, 0.717) is 11.9 Å². The van der Waals surface area contributed by atoms with E-state index in [0.717, 1.165) is 37.4 Å². The van der Waals surface area contributed by atoms with Gasteiger partial charge in [-0.1, -0.05) is 25.1 Å². The number of fused-ring (bicyclic) bond motifs is 1. The van der Waals surface area contributed by atoms with Crippen LogP contribution in [-0.2, 0) is 16.1 Å². The van der Waals surface area contributed by atoms with E-state index in [9.17, 15) is 14.4 Å². The van der Waals surface area contributed by atoms with Gasteiger partial charge in [0.2, 0.25) is 11.8 Å². The van der Waals surface area contributed by atoms with Gasteiger partial charge in [-0.25, -0.2) is 0 Å². The molecule has 0 atom stereocenters. The Labute approximate surface area is 177 Å². The number of hydrogen-bond acceptors (Lipinski definition) is 4. The number of likely N-dealkylation sites (tertiary alicyclic amines) is 1. The third kappa shape index (κ3) is 6.42. The predicted molar refractivity (Wildman–Crippen MR) is 118 cm³/mol. The van der Waals surface area contributed by atoms with Gasteiger partial charge in [-0.15, -0.1) is 0 Å². The lowest BCUT2D eigenvalue weighted by Gasteiger charge is -2.30. The molecule has 1 aromatic carbocycles. The number of nitrogens with one attached hydrogen (secondary N) is 2. The number of rotatable bonds is 9. The summed E-state index contributed by atoms with van der Waals surface area (Å²) in [5, 5.41) is 7.07. The van der Waals surface area contributed by atoms with Gasteiger partial charge >= 0.3 is 0 Å². The Morgan fingerprint density at radius 1 is 1.03 bits per heavy atom. The molecule has 1 aliphatic rings. The summed E-state index contributed by atoms with van der Waals surface area (Å²) in [5.41, 5.74) is -0.191. The summed E-state index contributed by atoms with van der Waals surface area (Å²) in [6, 6.07) is 9.12. The van der Waals surface area contributed by atoms with Crippen LogP contribution in [0.5, 0.6) is 0 Å². The molecule has 7 heteroatoms. The van der Waals surface area contributed by atoms with Gasteiger partial charge < -0.3 is 20.1 Å². The van der Waals surface area contributed by atoms with Crippen LogP contribution in [0.1, 0.15) is 32.6 Å². The molecule has 1 fully saturated rings. The van der Waals surface area contributed by atoms with E-state index in [4.69, 9.17) is 0 Å². The van der Waals surface area contributed by atoms with Crippen molar-refractivity contribution in [2.24, 2.45) is 5.92 Å². The van der Waals surface area contributed by atoms with Crippen molar-refractivity contribution in [3.05, 3.63) is 46.9 Å². The molecule has 0 unspecified atom stereocenters. The molecular weight excluding hydrogens is 380 g/mol. The average molecular weight is 413 g/mol. The number of hydrogen-bond donors (Lipinski definition) is 2. The van der Waals surface area contributed by atoms with Crippen molar-refractivity contribution in [3.63, 3.8) is 0 Å². The van der Waals surface area contributed by atoms with Crippen molar-refractivity contribution in [3.8, 4) is 0 Å². The minimum absolute atomic E-state index is 0.0558. The van der Waals surface area contributed by atoms with Crippen LogP contribution in [0.15, 0.2) is 41.3 Å². The van der Waals surface area contributed by atoms with Crippen LogP contribution in [0.2, 0.25) is 0 Å². The highest BCUT2D eigenvalue weighted by molar-refractivity contribution is 5.82. The molecule has 7 nitrogen and oxygen atoms in total. The minimum atomic E-state index is -0.278. The average Bonchev–Trinajstić information content (AvgIpc) is 2.75. The van der Waals surface area contributed by atoms with Gasteiger partial charge in [0.15, 0.2) is 0 Å². The number of benzene rings is 1. The van der Waals surface area contributed by atoms with Crippen molar-refractivity contribution < 1.29 is 9.59 Å². The third-order valence-corrected chi connectivity index (χ3v) is 5.72. The molecule has 2 amide bonds. The van der Waals surface area contributed by atoms with E-state index in [2.05, 4.69) is 22.5 Å². The molecule has 162 valence electrons. The van der Waals surface area contributed by atoms with Crippen molar-refractivity contribution in [1.29, 1.82) is 0 Å². The largest absolute Gasteiger partial charge is 0.356 e. The highest BCUT2D eigenvalue weighted by atomic mass is 16.2. The van der Waals surface area contributed by atoms with Gasteiger partial charge in [0.05, 0.1) is 0 Å². The standard InChI is InChI=1S/C23H32N4O3/c1-18-8-14-26(15-9-18)13-4-11-24-21(28)7-12-25-22(29)17-27-16-10-19-5-2-3-6-20(19)23(27)30/h2-3,5-6,10,16,18H,4,7-9,11-15,17H2,1H3,(H,24,28)(H,25,29). The summed E-state index contributed by atoms with van der Waals surface area (Å²) in [4.78, 5) is 39.0. The Balaban J connectivity index is 1.31. The molecule has 30 heavy (non-hydrogen) atoms. The molecule has 2 heterocycles. The monoisotopic (exact) mass is 412 g/mol. The Morgan fingerprint density at radius 2 is 1.77 bits per heavy atom. The fourth-order valence-electron chi connectivity index (χ4n) is 3.78. The first-order valence-electron chi connectivity index (χ1n) is 10.9. The molecule has 3 rings (SSSR count). The van der Waals surface area contributed by atoms with Gasteiger partial charge in [-0.3, -0.25) is 14.4 Å². The molecule has 0 bridgehead atoms. The Hall–Kier alpha value is -2.67. The maximum absolute atomic E-state index is 12.4. The summed E-state index contributed by atoms with van der Waals surface area (Å²) >= 11 is 0. The minimum Gasteiger partial charge on any atom is -0.356 e. The van der Waals surface area contributed by atoms with Crippen LogP contribution in [-0.4, -0.2) is 54.0 Å². The molecule has 1 aromatic heterocycles. The summed E-state index contributed by atoms with van der Waals surface area (Å²) in [7, 11) is 0. The summed E-state index contributed by atoms with van der Waals surface area (Å²) in [6.07, 6.45) is 5.33. The fraction of sp³-hybridized carbons (Fsp3) is 0.522. The first-order valence-corrected chi connectivity index (χ1v) is 10.9. The van der Waals surface area contributed by atoms with Crippen molar-refractivity contribution in [2.45, 2.75) is 39.2 Å². The van der Waals surface area contributed by atoms with E-state index in [1.807, 2.05) is 18.2 Å². The quantitative estimate of drug-likeness (QED) is 0.615. The van der Waals surface area contributed by atoms with Crippen LogP contribution >= 0.6 is 0 Å². The zero-order valence-corrected chi connectivity index (χ0v) is 17.7. The zero-order chi connectivity index (χ0) is 21.3. The number of piperidine rings is 1. The van der Waals surface area contributed by atoms with Crippen LogP contribution in [0, 0.1) is 5.92 Å². The highest BCUT2D eigenvalue weighted by Gasteiger charge is 2.15. The number of nitrogens with zero attached hydrogens (tertiary/aromatic N) is 2. The topological polar surface area (TPSA) is 83.4 Å². The van der Waals surface area contributed by atoms with E-state index >= 15 is 0 Å². The van der Waals surface area contributed by atoms with Crippen molar-refractivity contribution in [2.75, 3.05) is 32.7 Å². The lowest BCUT2D eigenvalue weighted by atomic mass is 9.99. The molecule has 1 saturated heterocycles. The van der Waals surface area contributed by atoms with Gasteiger partial charge in [0.1, 0.15) is 6.54 Å². The van der Waals surface area contributed by atoms with E-state index in [1.165, 1.54) is 17.4 Å². The van der Waals surface area contributed by atoms with Crippen molar-refractivity contribution in [1.82, 2.24) is 20.1 Å². The van der Waals surface area contributed by atoms with Gasteiger partial charge in [0, 0.05) is 31.1 Å². The van der Waals surface area contributed by atoms with Crippen LogP contribution in [0.25, 0.3) is 10.8 Å². The molecule has 0 radical (unpaired) electrons. The predicted octanol–water partition coefficient (Wildman–Crippen LogP) is 1.75. The number of carbonyl (C=O) groups is 2. The summed E-state index contributed by atoms with van der Waals surface area (Å²) in [5.74, 6) is 0.487. The van der Waals surface area contributed by atoms with Crippen LogP contribution in [0.4, 0.5) is 0 Å². The Kier molecular flexibility index (Phi) is 8.02. The smallest absolute Gasteiger partial charge is 0.258 e. The number of pyridine rings is 1. The number of amides is 2. The third-order valence-electron chi connectivity index (χ3n) is 5.72. The van der Waals surface area contributed by atoms with Gasteiger partial charge in [0.25, 0.3) is 5.56 Å². The molecule has 0 spiro atoms. The number of aromatic nitrogens is 1. The SMILES string of the molecule is CC1CCN(CCCNC(=O)CCNC(=O)Cn2ccc3ccccc3c2=O)CC1. The summed E-state index contributed by atoms with van der Waals surface area (Å²) in [6.45, 7) is 6.49. The summed E-state index contributed by atoms with van der Waals surface area (Å²) < 4.78 is 1.39. The van der Waals surface area contributed by atoms with Crippen LogP contribution in [0.3, 0.4) is 0 Å². The van der Waals surface area contributed by atoms with Gasteiger partial charge in [-0.05, 0) is 62.3 Å². The molecular formula is C23H32N4O3. The molecule has 0 aliphatic carbocycles. The second-order valence-corrected chi connectivity index (χ2v) is 8.16. The van der Waals surface area contributed by atoms with Gasteiger partial charge in [-0.2, -0.15) is 0 Å². The highest BCUT2D eigenvalue weighted by Crippen LogP contribution is 2.15. The lowest BCUT2D eigenvalue weighted by molar-refractivity contribution is -0.122. The maximum atomic E-state index is 12.4. The normalized spacial score (nSPS) is 15.2.